The van der Waals surface area contributed by atoms with Crippen molar-refractivity contribution < 1.29 is 19.4 Å². The van der Waals surface area contributed by atoms with Gasteiger partial charge >= 0.3 is 5.97 Å². The lowest BCUT2D eigenvalue weighted by atomic mass is 10.2. The summed E-state index contributed by atoms with van der Waals surface area (Å²) in [6, 6.07) is 0. The maximum absolute atomic E-state index is 11.0. The highest BCUT2D eigenvalue weighted by Gasteiger charge is 2.15. The summed E-state index contributed by atoms with van der Waals surface area (Å²) in [7, 11) is 0. The summed E-state index contributed by atoms with van der Waals surface area (Å²) in [6.07, 6.45) is 3.30. The summed E-state index contributed by atoms with van der Waals surface area (Å²) >= 11 is 1.48. The zero-order chi connectivity index (χ0) is 10.2. The zero-order valence-electron chi connectivity index (χ0n) is 8.11. The first-order valence-corrected chi connectivity index (χ1v) is 5.87. The van der Waals surface area contributed by atoms with Gasteiger partial charge in [0, 0.05) is 6.61 Å². The Kier molecular flexibility index (Phi) is 5.98. The van der Waals surface area contributed by atoms with E-state index in [2.05, 4.69) is 0 Å². The molecule has 14 heavy (non-hydrogen) atoms. The predicted octanol–water partition coefficient (Wildman–Crippen LogP) is 0.782. The maximum atomic E-state index is 11.0. The lowest BCUT2D eigenvalue weighted by Crippen LogP contribution is -2.19. The first-order chi connectivity index (χ1) is 6.83. The molecule has 1 atom stereocenters. The molecule has 0 spiro atoms. The average molecular weight is 220 g/mol. The van der Waals surface area contributed by atoms with Gasteiger partial charge in [0.2, 0.25) is 0 Å². The van der Waals surface area contributed by atoms with Crippen LogP contribution in [-0.2, 0) is 14.3 Å². The molecule has 1 saturated heterocycles. The first-order valence-electron chi connectivity index (χ1n) is 4.82. The van der Waals surface area contributed by atoms with Crippen LogP contribution in [0.3, 0.4) is 0 Å². The molecule has 4 nitrogen and oxygen atoms in total. The standard InChI is InChI=1S/C9H16O4S/c10-4-6-12-8(11)7-14-9-3-1-2-5-13-9/h9-10H,1-7H2. The molecule has 1 rings (SSSR count). The fourth-order valence-electron chi connectivity index (χ4n) is 1.20. The van der Waals surface area contributed by atoms with Gasteiger partial charge in [0.05, 0.1) is 12.4 Å². The molecular formula is C9H16O4S. The van der Waals surface area contributed by atoms with Gasteiger partial charge in [-0.15, -0.1) is 11.8 Å². The van der Waals surface area contributed by atoms with Crippen molar-refractivity contribution in [1.82, 2.24) is 0 Å². The fraction of sp³-hybridized carbons (Fsp3) is 0.889. The number of hydrogen-bond donors (Lipinski definition) is 1. The lowest BCUT2D eigenvalue weighted by molar-refractivity contribution is -0.141. The van der Waals surface area contributed by atoms with E-state index in [4.69, 9.17) is 14.6 Å². The van der Waals surface area contributed by atoms with Crippen LogP contribution < -0.4 is 0 Å². The van der Waals surface area contributed by atoms with Gasteiger partial charge in [0.1, 0.15) is 12.0 Å². The molecule has 1 fully saturated rings. The van der Waals surface area contributed by atoms with E-state index in [0.29, 0.717) is 5.75 Å². The van der Waals surface area contributed by atoms with Gasteiger partial charge in [-0.3, -0.25) is 4.79 Å². The van der Waals surface area contributed by atoms with Gasteiger partial charge in [-0.05, 0) is 19.3 Å². The van der Waals surface area contributed by atoms with Gasteiger partial charge in [0.15, 0.2) is 0 Å². The van der Waals surface area contributed by atoms with Crippen LogP contribution in [0.5, 0.6) is 0 Å². The molecule has 5 heteroatoms. The molecule has 0 aromatic heterocycles. The van der Waals surface area contributed by atoms with Crippen LogP contribution in [0.15, 0.2) is 0 Å². The Balaban J connectivity index is 2.03. The number of rotatable bonds is 5. The second-order valence-corrected chi connectivity index (χ2v) is 4.20. The maximum Gasteiger partial charge on any atom is 0.316 e. The van der Waals surface area contributed by atoms with Crippen LogP contribution in [0.25, 0.3) is 0 Å². The molecule has 0 aliphatic carbocycles. The van der Waals surface area contributed by atoms with Gasteiger partial charge in [-0.25, -0.2) is 0 Å². The van der Waals surface area contributed by atoms with E-state index in [9.17, 15) is 4.79 Å². The topological polar surface area (TPSA) is 55.8 Å². The van der Waals surface area contributed by atoms with Crippen LogP contribution in [0, 0.1) is 0 Å². The van der Waals surface area contributed by atoms with Crippen LogP contribution >= 0.6 is 11.8 Å². The van der Waals surface area contributed by atoms with E-state index in [-0.39, 0.29) is 24.6 Å². The fourth-order valence-corrected chi connectivity index (χ4v) is 2.14. The molecule has 1 unspecified atom stereocenters. The molecule has 0 saturated carbocycles. The minimum Gasteiger partial charge on any atom is -0.463 e. The van der Waals surface area contributed by atoms with E-state index in [1.165, 1.54) is 18.2 Å². The second-order valence-electron chi connectivity index (χ2n) is 3.05. The molecule has 1 aliphatic rings. The van der Waals surface area contributed by atoms with Crippen LogP contribution in [-0.4, -0.2) is 42.1 Å². The quantitative estimate of drug-likeness (QED) is 0.694. The molecule has 0 aromatic carbocycles. The Bertz CT molecular complexity index is 168. The van der Waals surface area contributed by atoms with Gasteiger partial charge in [-0.2, -0.15) is 0 Å². The Morgan fingerprint density at radius 2 is 2.43 bits per heavy atom. The Hall–Kier alpha value is -0.260. The third-order valence-corrected chi connectivity index (χ3v) is 3.03. The summed E-state index contributed by atoms with van der Waals surface area (Å²) in [4.78, 5) is 11.0. The molecule has 1 N–H and O–H groups in total. The Morgan fingerprint density at radius 1 is 1.57 bits per heavy atom. The van der Waals surface area contributed by atoms with E-state index in [0.717, 1.165) is 19.4 Å². The van der Waals surface area contributed by atoms with Crippen molar-refractivity contribution in [2.45, 2.75) is 24.7 Å². The molecular weight excluding hydrogens is 204 g/mol. The van der Waals surface area contributed by atoms with E-state index >= 15 is 0 Å². The van der Waals surface area contributed by atoms with Crippen molar-refractivity contribution in [2.24, 2.45) is 0 Å². The summed E-state index contributed by atoms with van der Waals surface area (Å²) in [5.41, 5.74) is 0.144. The molecule has 82 valence electrons. The highest BCUT2D eigenvalue weighted by Crippen LogP contribution is 2.23. The number of carbonyl (C=O) groups is 1. The number of hydrogen-bond acceptors (Lipinski definition) is 5. The van der Waals surface area contributed by atoms with Crippen molar-refractivity contribution in [3.63, 3.8) is 0 Å². The Labute approximate surface area is 88.0 Å². The largest absolute Gasteiger partial charge is 0.463 e. The molecule has 0 bridgehead atoms. The summed E-state index contributed by atoms with van der Waals surface area (Å²) in [6.45, 7) is 0.768. The highest BCUT2D eigenvalue weighted by atomic mass is 32.2. The normalized spacial score (nSPS) is 21.9. The Morgan fingerprint density at radius 3 is 3.07 bits per heavy atom. The second kappa shape index (κ2) is 7.09. The summed E-state index contributed by atoms with van der Waals surface area (Å²) in [5.74, 6) is 0.0308. The van der Waals surface area contributed by atoms with Crippen molar-refractivity contribution in [3.8, 4) is 0 Å². The summed E-state index contributed by atoms with van der Waals surface area (Å²) < 4.78 is 10.2. The molecule has 0 aromatic rings. The van der Waals surface area contributed by atoms with Gasteiger partial charge in [0.25, 0.3) is 0 Å². The molecule has 0 amide bonds. The number of thioether (sulfide) groups is 1. The third kappa shape index (κ3) is 4.83. The van der Waals surface area contributed by atoms with Gasteiger partial charge in [-0.1, -0.05) is 0 Å². The van der Waals surface area contributed by atoms with Crippen molar-refractivity contribution in [2.75, 3.05) is 25.6 Å². The average Bonchev–Trinajstić information content (AvgIpc) is 2.25. The van der Waals surface area contributed by atoms with E-state index in [1.807, 2.05) is 0 Å². The van der Waals surface area contributed by atoms with Crippen molar-refractivity contribution in [3.05, 3.63) is 0 Å². The molecule has 1 aliphatic heterocycles. The highest BCUT2D eigenvalue weighted by molar-refractivity contribution is 8.00. The van der Waals surface area contributed by atoms with E-state index in [1.54, 1.807) is 0 Å². The third-order valence-electron chi connectivity index (χ3n) is 1.88. The number of ether oxygens (including phenoxy) is 2. The molecule has 1 heterocycles. The predicted molar refractivity (Wildman–Crippen MR) is 54.1 cm³/mol. The SMILES string of the molecule is O=C(CSC1CCCCO1)OCCO. The number of esters is 1. The van der Waals surface area contributed by atoms with Crippen molar-refractivity contribution in [1.29, 1.82) is 0 Å². The zero-order valence-corrected chi connectivity index (χ0v) is 8.92. The first kappa shape index (κ1) is 11.8. The lowest BCUT2D eigenvalue weighted by Gasteiger charge is -2.21. The van der Waals surface area contributed by atoms with Crippen molar-refractivity contribution >= 4 is 17.7 Å². The smallest absolute Gasteiger partial charge is 0.316 e. The summed E-state index contributed by atoms with van der Waals surface area (Å²) in [5, 5.41) is 8.42. The minimum absolute atomic E-state index is 0.0882. The number of aliphatic hydroxyl groups is 1. The van der Waals surface area contributed by atoms with E-state index < -0.39 is 0 Å². The van der Waals surface area contributed by atoms with Crippen LogP contribution in [0.1, 0.15) is 19.3 Å². The minimum atomic E-state index is -0.279. The number of carbonyl (C=O) groups excluding carboxylic acids is 1. The monoisotopic (exact) mass is 220 g/mol. The van der Waals surface area contributed by atoms with Gasteiger partial charge < -0.3 is 14.6 Å². The molecule has 0 radical (unpaired) electrons. The van der Waals surface area contributed by atoms with Crippen LogP contribution in [0.4, 0.5) is 0 Å². The number of aliphatic hydroxyl groups excluding tert-OH is 1. The van der Waals surface area contributed by atoms with Crippen LogP contribution in [0.2, 0.25) is 0 Å².